The molecule has 0 saturated carbocycles. The summed E-state index contributed by atoms with van der Waals surface area (Å²) in [7, 11) is 0. The normalized spacial score (nSPS) is 22.8. The summed E-state index contributed by atoms with van der Waals surface area (Å²) in [5.41, 5.74) is 9.51. The summed E-state index contributed by atoms with van der Waals surface area (Å²) in [5, 5.41) is 5.71. The smallest absolute Gasteiger partial charge is 0.156 e. The largest absolute Gasteiger partial charge is 0.378 e. The van der Waals surface area contributed by atoms with Gasteiger partial charge in [0.2, 0.25) is 0 Å². The summed E-state index contributed by atoms with van der Waals surface area (Å²) >= 11 is 0. The molecule has 1 aromatic carbocycles. The Morgan fingerprint density at radius 1 is 0.897 bits per heavy atom. The molecule has 39 heavy (non-hydrogen) atoms. The molecule has 0 spiro atoms. The zero-order valence-electron chi connectivity index (χ0n) is 22.2. The Balaban J connectivity index is 1.08. The first-order valence-electron chi connectivity index (χ1n) is 14.1. The number of ether oxygens (including phenoxy) is 1. The minimum absolute atomic E-state index is 0.652. The van der Waals surface area contributed by atoms with Crippen molar-refractivity contribution in [1.82, 2.24) is 29.6 Å². The van der Waals surface area contributed by atoms with E-state index in [4.69, 9.17) is 9.72 Å². The predicted octanol–water partition coefficient (Wildman–Crippen LogP) is 5.51. The molecule has 0 amide bonds. The first-order valence-corrected chi connectivity index (χ1v) is 14.1. The van der Waals surface area contributed by atoms with E-state index < -0.39 is 0 Å². The van der Waals surface area contributed by atoms with Crippen molar-refractivity contribution in [2.24, 2.45) is 0 Å². The maximum absolute atomic E-state index is 5.74. The van der Waals surface area contributed by atoms with Crippen molar-refractivity contribution in [3.8, 4) is 28.1 Å². The van der Waals surface area contributed by atoms with E-state index in [0.29, 0.717) is 18.1 Å². The van der Waals surface area contributed by atoms with Gasteiger partial charge < -0.3 is 9.72 Å². The van der Waals surface area contributed by atoms with Crippen LogP contribution in [0.5, 0.6) is 0 Å². The lowest BCUT2D eigenvalue weighted by Crippen LogP contribution is -2.66. The molecule has 0 radical (unpaired) electrons. The molecule has 5 aromatic rings. The lowest BCUT2D eigenvalue weighted by atomic mass is 9.87. The van der Waals surface area contributed by atoms with Crippen molar-refractivity contribution in [3.05, 3.63) is 84.1 Å². The molecule has 3 atom stereocenters. The standard InChI is InChI=1S/C32H32N6O/c1-20-3-2-10-33-32(20)37-17-25(15-36-37)30-16-35-31-29(30)12-24(14-34-31)23-5-4-21-6-8-26(9-7-22(21)11-23)38-27-13-28(38)19-39-18-27/h2-5,10-12,14-17,26-28H,6-9,13,18-19H2,1H3,(H,34,35)/t26-,27?,28?/m0/s1. The van der Waals surface area contributed by atoms with Crippen molar-refractivity contribution in [2.45, 2.75) is 57.2 Å². The molecular formula is C32H32N6O. The summed E-state index contributed by atoms with van der Waals surface area (Å²) in [6, 6.07) is 15.3. The highest BCUT2D eigenvalue weighted by Crippen LogP contribution is 2.38. The van der Waals surface area contributed by atoms with Crippen LogP contribution < -0.4 is 0 Å². The monoisotopic (exact) mass is 516 g/mol. The molecule has 8 rings (SSSR count). The van der Waals surface area contributed by atoms with Gasteiger partial charge in [-0.15, -0.1) is 0 Å². The van der Waals surface area contributed by atoms with Crippen molar-refractivity contribution in [3.63, 3.8) is 0 Å². The highest BCUT2D eigenvalue weighted by atomic mass is 16.5. The van der Waals surface area contributed by atoms with Gasteiger partial charge >= 0.3 is 0 Å². The maximum Gasteiger partial charge on any atom is 0.156 e. The summed E-state index contributed by atoms with van der Waals surface area (Å²) in [6.45, 7) is 3.89. The first kappa shape index (κ1) is 23.1. The molecule has 7 nitrogen and oxygen atoms in total. The molecule has 2 saturated heterocycles. The van der Waals surface area contributed by atoms with Crippen LogP contribution in [-0.4, -0.2) is 61.0 Å². The molecule has 7 heteroatoms. The number of benzene rings is 1. The van der Waals surface area contributed by atoms with Gasteiger partial charge in [-0.05, 0) is 73.4 Å². The molecule has 2 unspecified atom stereocenters. The van der Waals surface area contributed by atoms with Crippen molar-refractivity contribution < 1.29 is 4.74 Å². The summed E-state index contributed by atoms with van der Waals surface area (Å²) in [4.78, 5) is 15.4. The number of aromatic amines is 1. The number of nitrogens with one attached hydrogen (secondary N) is 1. The fraction of sp³-hybridized carbons (Fsp3) is 0.344. The molecule has 196 valence electrons. The van der Waals surface area contributed by atoms with Gasteiger partial charge in [-0.3, -0.25) is 4.90 Å². The fourth-order valence-electron chi connectivity index (χ4n) is 7.03. The van der Waals surface area contributed by atoms with Gasteiger partial charge in [-0.1, -0.05) is 24.3 Å². The Kier molecular flexibility index (Phi) is 5.42. The third-order valence-corrected chi connectivity index (χ3v) is 9.09. The third kappa shape index (κ3) is 3.91. The maximum atomic E-state index is 5.74. The van der Waals surface area contributed by atoms with E-state index >= 15 is 0 Å². The molecule has 2 fully saturated rings. The predicted molar refractivity (Wildman–Crippen MR) is 152 cm³/mol. The lowest BCUT2D eigenvalue weighted by Gasteiger charge is -2.56. The van der Waals surface area contributed by atoms with Gasteiger partial charge in [-0.2, -0.15) is 5.10 Å². The van der Waals surface area contributed by atoms with Crippen LogP contribution in [0, 0.1) is 6.92 Å². The topological polar surface area (TPSA) is 71.9 Å². The summed E-state index contributed by atoms with van der Waals surface area (Å²) in [5.74, 6) is 0.847. The number of morpholine rings is 1. The van der Waals surface area contributed by atoms with Crippen LogP contribution in [0.1, 0.15) is 36.0 Å². The Bertz CT molecular complexity index is 1670. The van der Waals surface area contributed by atoms with Crippen molar-refractivity contribution in [2.75, 3.05) is 13.2 Å². The van der Waals surface area contributed by atoms with Gasteiger partial charge in [0.05, 0.1) is 19.4 Å². The van der Waals surface area contributed by atoms with Crippen molar-refractivity contribution in [1.29, 1.82) is 0 Å². The quantitative estimate of drug-likeness (QED) is 0.319. The zero-order chi connectivity index (χ0) is 25.9. The molecule has 3 aliphatic rings. The van der Waals surface area contributed by atoms with Gasteiger partial charge in [0, 0.05) is 65.0 Å². The number of hydrogen-bond acceptors (Lipinski definition) is 5. The number of pyridine rings is 2. The second kappa shape index (κ2) is 9.14. The molecule has 4 aromatic heterocycles. The van der Waals surface area contributed by atoms with Gasteiger partial charge in [-0.25, -0.2) is 14.6 Å². The van der Waals surface area contributed by atoms with E-state index in [0.717, 1.165) is 65.2 Å². The van der Waals surface area contributed by atoms with Crippen LogP contribution >= 0.6 is 0 Å². The van der Waals surface area contributed by atoms with Crippen molar-refractivity contribution >= 4 is 11.0 Å². The highest BCUT2D eigenvalue weighted by Gasteiger charge is 2.45. The summed E-state index contributed by atoms with van der Waals surface area (Å²) in [6.07, 6.45) is 15.9. The van der Waals surface area contributed by atoms with E-state index in [-0.39, 0.29) is 0 Å². The molecule has 1 N–H and O–H groups in total. The van der Waals surface area contributed by atoms with E-state index in [1.165, 1.54) is 36.0 Å². The Morgan fingerprint density at radius 3 is 2.62 bits per heavy atom. The number of rotatable bonds is 4. The van der Waals surface area contributed by atoms with E-state index in [1.54, 1.807) is 6.20 Å². The third-order valence-electron chi connectivity index (χ3n) is 9.09. The lowest BCUT2D eigenvalue weighted by molar-refractivity contribution is -0.148. The Labute approximate surface area is 227 Å². The Hall–Kier alpha value is -3.81. The first-order chi connectivity index (χ1) is 19.2. The van der Waals surface area contributed by atoms with E-state index in [2.05, 4.69) is 57.2 Å². The molecule has 1 aliphatic carbocycles. The molecule has 6 heterocycles. The zero-order valence-corrected chi connectivity index (χ0v) is 22.2. The second-order valence-electron chi connectivity index (χ2n) is 11.4. The number of nitrogens with zero attached hydrogens (tertiary/aromatic N) is 5. The number of hydrogen-bond donors (Lipinski definition) is 1. The van der Waals surface area contributed by atoms with Crippen LogP contribution in [-0.2, 0) is 17.6 Å². The van der Waals surface area contributed by atoms with Crippen LogP contribution in [0.2, 0.25) is 0 Å². The fourth-order valence-corrected chi connectivity index (χ4v) is 7.03. The van der Waals surface area contributed by atoms with Gasteiger partial charge in [0.1, 0.15) is 5.65 Å². The number of aromatic nitrogens is 5. The SMILES string of the molecule is Cc1cccnc1-n1cc(-c2c[nH]c3ncc(-c4ccc5c(c4)CC[C@@H](N4C6COCC4C6)CC5)cc23)cn1. The highest BCUT2D eigenvalue weighted by molar-refractivity contribution is 5.95. The van der Waals surface area contributed by atoms with Crippen LogP contribution in [0.25, 0.3) is 39.1 Å². The van der Waals surface area contributed by atoms with Crippen LogP contribution in [0.4, 0.5) is 0 Å². The average molecular weight is 517 g/mol. The molecular weight excluding hydrogens is 484 g/mol. The molecule has 2 bridgehead atoms. The van der Waals surface area contributed by atoms with Crippen LogP contribution in [0.15, 0.2) is 67.4 Å². The number of H-pyrrole nitrogens is 1. The van der Waals surface area contributed by atoms with Gasteiger partial charge in [0.15, 0.2) is 5.82 Å². The number of fused-ring (bicyclic) bond motifs is 4. The van der Waals surface area contributed by atoms with Crippen LogP contribution in [0.3, 0.4) is 0 Å². The second-order valence-corrected chi connectivity index (χ2v) is 11.4. The minimum atomic E-state index is 0.652. The Morgan fingerprint density at radius 2 is 1.77 bits per heavy atom. The molecule has 2 aliphatic heterocycles. The van der Waals surface area contributed by atoms with E-state index in [9.17, 15) is 0 Å². The minimum Gasteiger partial charge on any atom is -0.378 e. The number of aryl methyl sites for hydroxylation is 3. The van der Waals surface area contributed by atoms with Gasteiger partial charge in [0.25, 0.3) is 0 Å². The summed E-state index contributed by atoms with van der Waals surface area (Å²) < 4.78 is 7.59. The average Bonchev–Trinajstić information content (AvgIpc) is 3.57. The van der Waals surface area contributed by atoms with E-state index in [1.807, 2.05) is 35.5 Å².